The van der Waals surface area contributed by atoms with E-state index < -0.39 is 57.5 Å². The molecule has 4 rings (SSSR count). The van der Waals surface area contributed by atoms with Crippen LogP contribution in [0.4, 0.5) is 11.4 Å². The summed E-state index contributed by atoms with van der Waals surface area (Å²) in [6.45, 7) is 3.42. The zero-order valence-corrected chi connectivity index (χ0v) is 32.9. The summed E-state index contributed by atoms with van der Waals surface area (Å²) in [7, 11) is -3.81. The summed E-state index contributed by atoms with van der Waals surface area (Å²) in [5.74, 6) is -4.42. The van der Waals surface area contributed by atoms with E-state index in [4.69, 9.17) is 4.74 Å². The van der Waals surface area contributed by atoms with Crippen molar-refractivity contribution in [2.24, 2.45) is 5.41 Å². The van der Waals surface area contributed by atoms with Crippen molar-refractivity contribution in [1.29, 1.82) is 0 Å². The van der Waals surface area contributed by atoms with Crippen molar-refractivity contribution in [3.05, 3.63) is 72.3 Å². The summed E-state index contributed by atoms with van der Waals surface area (Å²) in [6, 6.07) is 14.5. The number of aromatic hydroxyl groups is 1. The highest BCUT2D eigenvalue weighted by Crippen LogP contribution is 2.51. The first-order valence-corrected chi connectivity index (χ1v) is 21.5. The maximum atomic E-state index is 14.7. The van der Waals surface area contributed by atoms with E-state index in [1.165, 1.54) is 36.0 Å². The number of unbranched alkanes of at least 4 members (excludes halogenated alkanes) is 2. The standard InChI is InChI=1S/C38H45N3O10S3/c1-5-7-18-38(19-8-6-2)36(47)41(25-12-10-9-11-13-25)28-20-31(52-3)29(21-30(28)53-37(38)48)51-22-32(43)40-33(24-14-16-26(42)17-15-24)34(44)39-27(35(45)46)23-54(4,49)50/h9-17,20-21,27,33,42H,5-8,18-19,22-23H2,1-4H3,(H,39,44)(H,40,43)(H,45,46)/t27-,33-/m1/s1. The van der Waals surface area contributed by atoms with Crippen molar-refractivity contribution in [2.45, 2.75) is 74.2 Å². The van der Waals surface area contributed by atoms with E-state index in [1.54, 1.807) is 23.3 Å². The summed E-state index contributed by atoms with van der Waals surface area (Å²) in [5, 5.41) is 23.8. The Kier molecular flexibility index (Phi) is 14.6. The summed E-state index contributed by atoms with van der Waals surface area (Å²) in [4.78, 5) is 70.1. The second kappa shape index (κ2) is 18.7. The number of nitrogens with zero attached hydrogens (tertiary/aromatic N) is 1. The van der Waals surface area contributed by atoms with E-state index in [1.807, 2.05) is 44.2 Å². The van der Waals surface area contributed by atoms with Gasteiger partial charge in [0.05, 0.1) is 16.3 Å². The zero-order valence-electron chi connectivity index (χ0n) is 30.5. The predicted molar refractivity (Wildman–Crippen MR) is 208 cm³/mol. The largest absolute Gasteiger partial charge is 0.508 e. The molecule has 0 saturated heterocycles. The first kappa shape index (κ1) is 42.2. The Hall–Kier alpha value is -4.54. The number of anilines is 2. The van der Waals surface area contributed by atoms with Crippen LogP contribution in [0.15, 0.2) is 76.5 Å². The van der Waals surface area contributed by atoms with Gasteiger partial charge >= 0.3 is 5.97 Å². The molecule has 4 N–H and O–H groups in total. The minimum Gasteiger partial charge on any atom is -0.508 e. The molecule has 3 aromatic carbocycles. The van der Waals surface area contributed by atoms with Gasteiger partial charge in [0.2, 0.25) is 16.9 Å². The number of hydrogen-bond acceptors (Lipinski definition) is 11. The molecule has 2 atom stereocenters. The summed E-state index contributed by atoms with van der Waals surface area (Å²) in [6.07, 6.45) is 6.44. The SMILES string of the molecule is CCCCC1(CCCC)C(=O)Sc2cc(OCC(=O)N[C@@H](C(=O)N[C@H](CS(C)(=O)=O)C(=O)O)c3ccc(O)cc3)c(SC)cc2N(c2ccccc2)C1=O. The molecule has 3 amide bonds. The number of aliphatic carboxylic acids is 1. The number of phenolic OH excluding ortho intramolecular Hbond substituents is 1. The first-order valence-electron chi connectivity index (χ1n) is 17.4. The highest BCUT2D eigenvalue weighted by molar-refractivity contribution is 8.14. The smallest absolute Gasteiger partial charge is 0.327 e. The number of carbonyl (C=O) groups excluding carboxylic acids is 4. The zero-order chi connectivity index (χ0) is 39.6. The predicted octanol–water partition coefficient (Wildman–Crippen LogP) is 5.63. The quantitative estimate of drug-likeness (QED) is 0.0916. The Bertz CT molecular complexity index is 1950. The maximum absolute atomic E-state index is 14.7. The Morgan fingerprint density at radius 1 is 0.963 bits per heavy atom. The number of rotatable bonds is 18. The number of thioether (sulfide) groups is 2. The highest BCUT2D eigenvalue weighted by atomic mass is 32.2. The molecule has 0 bridgehead atoms. The summed E-state index contributed by atoms with van der Waals surface area (Å²) in [5.41, 5.74) is 0.0344. The summed E-state index contributed by atoms with van der Waals surface area (Å²) < 4.78 is 29.7. The number of carbonyl (C=O) groups is 5. The second-order valence-electron chi connectivity index (χ2n) is 13.0. The Balaban J connectivity index is 1.67. The Morgan fingerprint density at radius 2 is 1.59 bits per heavy atom. The maximum Gasteiger partial charge on any atom is 0.327 e. The third-order valence-electron chi connectivity index (χ3n) is 8.86. The molecule has 1 heterocycles. The fourth-order valence-electron chi connectivity index (χ4n) is 6.05. The van der Waals surface area contributed by atoms with Gasteiger partial charge in [-0.25, -0.2) is 13.2 Å². The van der Waals surface area contributed by atoms with Gasteiger partial charge in [-0.2, -0.15) is 0 Å². The van der Waals surface area contributed by atoms with Crippen LogP contribution in [0.5, 0.6) is 11.5 Å². The van der Waals surface area contributed by atoms with Crippen molar-refractivity contribution in [1.82, 2.24) is 10.6 Å². The molecule has 0 aromatic heterocycles. The lowest BCUT2D eigenvalue weighted by atomic mass is 9.77. The molecule has 54 heavy (non-hydrogen) atoms. The van der Waals surface area contributed by atoms with Crippen LogP contribution in [-0.2, 0) is 33.8 Å². The normalized spacial score (nSPS) is 15.1. The van der Waals surface area contributed by atoms with Gasteiger partial charge in [0.1, 0.15) is 38.8 Å². The molecule has 0 radical (unpaired) electrons. The molecule has 290 valence electrons. The lowest BCUT2D eigenvalue weighted by Crippen LogP contribution is -2.50. The van der Waals surface area contributed by atoms with Crippen molar-refractivity contribution >= 4 is 73.5 Å². The average Bonchev–Trinajstić information content (AvgIpc) is 3.21. The van der Waals surface area contributed by atoms with E-state index >= 15 is 0 Å². The van der Waals surface area contributed by atoms with Gasteiger partial charge in [0.25, 0.3) is 5.91 Å². The average molecular weight is 800 g/mol. The van der Waals surface area contributed by atoms with E-state index in [2.05, 4.69) is 10.6 Å². The second-order valence-corrected chi connectivity index (χ2v) is 17.0. The van der Waals surface area contributed by atoms with Crippen molar-refractivity contribution < 1.29 is 47.3 Å². The number of fused-ring (bicyclic) bond motifs is 1. The molecular weight excluding hydrogens is 755 g/mol. The van der Waals surface area contributed by atoms with Gasteiger partial charge in [-0.05, 0) is 72.8 Å². The Labute approximate surface area is 323 Å². The van der Waals surface area contributed by atoms with Gasteiger partial charge < -0.3 is 25.6 Å². The van der Waals surface area contributed by atoms with E-state index in [0.717, 1.165) is 30.9 Å². The summed E-state index contributed by atoms with van der Waals surface area (Å²) >= 11 is 2.28. The van der Waals surface area contributed by atoms with Gasteiger partial charge in [-0.15, -0.1) is 11.8 Å². The third kappa shape index (κ3) is 10.4. The minimum atomic E-state index is -3.81. The fourth-order valence-corrected chi connectivity index (χ4v) is 8.53. The van der Waals surface area contributed by atoms with Crippen LogP contribution in [0.3, 0.4) is 0 Å². The number of sulfone groups is 1. The first-order chi connectivity index (χ1) is 25.6. The molecule has 0 fully saturated rings. The molecule has 0 spiro atoms. The number of carboxylic acid groups (broad SMARTS) is 1. The van der Waals surface area contributed by atoms with E-state index in [9.17, 15) is 42.6 Å². The van der Waals surface area contributed by atoms with Gasteiger partial charge in [-0.1, -0.05) is 69.9 Å². The van der Waals surface area contributed by atoms with Crippen molar-refractivity contribution in [3.8, 4) is 11.5 Å². The van der Waals surface area contributed by atoms with Crippen LogP contribution in [0.2, 0.25) is 0 Å². The van der Waals surface area contributed by atoms with Crippen LogP contribution < -0.4 is 20.3 Å². The molecule has 0 aliphatic carbocycles. The fraction of sp³-hybridized carbons (Fsp3) is 0.395. The molecule has 0 unspecified atom stereocenters. The van der Waals surface area contributed by atoms with E-state index in [0.29, 0.717) is 46.8 Å². The highest BCUT2D eigenvalue weighted by Gasteiger charge is 2.50. The number of amides is 3. The van der Waals surface area contributed by atoms with Gasteiger partial charge in [0, 0.05) is 16.8 Å². The third-order valence-corrected chi connectivity index (χ3v) is 11.7. The van der Waals surface area contributed by atoms with Crippen LogP contribution in [0.25, 0.3) is 0 Å². The number of nitrogens with one attached hydrogen (secondary N) is 2. The van der Waals surface area contributed by atoms with Crippen LogP contribution in [0, 0.1) is 5.41 Å². The lowest BCUT2D eigenvalue weighted by molar-refractivity contribution is -0.141. The molecule has 16 heteroatoms. The minimum absolute atomic E-state index is 0.127. The van der Waals surface area contributed by atoms with Crippen LogP contribution in [0.1, 0.15) is 64.0 Å². The molecule has 1 aliphatic rings. The van der Waals surface area contributed by atoms with E-state index in [-0.39, 0.29) is 28.1 Å². The number of phenols is 1. The number of hydrogen-bond donors (Lipinski definition) is 4. The number of benzene rings is 3. The van der Waals surface area contributed by atoms with Crippen molar-refractivity contribution in [3.63, 3.8) is 0 Å². The van der Waals surface area contributed by atoms with Crippen LogP contribution >= 0.6 is 23.5 Å². The van der Waals surface area contributed by atoms with Gasteiger partial charge in [0.15, 0.2) is 6.61 Å². The molecule has 3 aromatic rings. The number of carboxylic acids is 1. The van der Waals surface area contributed by atoms with Gasteiger partial charge in [-0.3, -0.25) is 24.1 Å². The monoisotopic (exact) mass is 799 g/mol. The molecule has 0 saturated carbocycles. The number of ether oxygens (including phenoxy) is 1. The lowest BCUT2D eigenvalue weighted by Gasteiger charge is -2.34. The topological polar surface area (TPSA) is 196 Å². The molecule has 1 aliphatic heterocycles. The molecule has 13 nitrogen and oxygen atoms in total. The molecular formula is C38H45N3O10S3. The number of para-hydroxylation sites is 1. The van der Waals surface area contributed by atoms with Crippen LogP contribution in [-0.4, -0.2) is 78.4 Å². The van der Waals surface area contributed by atoms with Crippen molar-refractivity contribution in [2.75, 3.05) is 29.8 Å². The Morgan fingerprint density at radius 3 is 2.15 bits per heavy atom.